The van der Waals surface area contributed by atoms with E-state index in [1.165, 1.54) is 17.5 Å². The van der Waals surface area contributed by atoms with E-state index in [4.69, 9.17) is 0 Å². The number of carbonyl (C=O) groups is 1. The number of piperazine rings is 1. The molecule has 1 aliphatic heterocycles. The van der Waals surface area contributed by atoms with Gasteiger partial charge in [-0.3, -0.25) is 4.79 Å². The Balaban J connectivity index is 2.70. The van der Waals surface area contributed by atoms with E-state index in [-0.39, 0.29) is 11.9 Å². The van der Waals surface area contributed by atoms with Crippen LogP contribution in [0.2, 0.25) is 0 Å². The van der Waals surface area contributed by atoms with Crippen molar-refractivity contribution in [1.29, 1.82) is 0 Å². The maximum Gasteiger partial charge on any atom is 0.219 e. The molecule has 5 nitrogen and oxygen atoms in total. The van der Waals surface area contributed by atoms with Gasteiger partial charge in [-0.2, -0.15) is 4.31 Å². The molecule has 1 atom stereocenters. The molecule has 1 amide bonds. The summed E-state index contributed by atoms with van der Waals surface area (Å²) < 4.78 is 24.0. The van der Waals surface area contributed by atoms with E-state index < -0.39 is 10.0 Å². The van der Waals surface area contributed by atoms with Gasteiger partial charge in [0.2, 0.25) is 15.9 Å². The number of sulfonamides is 1. The van der Waals surface area contributed by atoms with Gasteiger partial charge in [0.25, 0.3) is 0 Å². The van der Waals surface area contributed by atoms with Gasteiger partial charge in [0.15, 0.2) is 0 Å². The zero-order chi connectivity index (χ0) is 10.9. The van der Waals surface area contributed by atoms with E-state index in [1.54, 1.807) is 4.90 Å². The van der Waals surface area contributed by atoms with E-state index in [2.05, 4.69) is 0 Å². The molecule has 0 saturated carbocycles. The van der Waals surface area contributed by atoms with Crippen LogP contribution < -0.4 is 0 Å². The van der Waals surface area contributed by atoms with Crippen LogP contribution in [0.3, 0.4) is 0 Å². The van der Waals surface area contributed by atoms with Crippen molar-refractivity contribution in [3.05, 3.63) is 0 Å². The predicted molar refractivity (Wildman–Crippen MR) is 53.3 cm³/mol. The van der Waals surface area contributed by atoms with Crippen LogP contribution >= 0.6 is 0 Å². The Hall–Kier alpha value is -0.620. The molecule has 1 aliphatic rings. The van der Waals surface area contributed by atoms with Crippen LogP contribution in [0.15, 0.2) is 0 Å². The summed E-state index contributed by atoms with van der Waals surface area (Å²) in [7, 11) is -3.13. The summed E-state index contributed by atoms with van der Waals surface area (Å²) in [6.07, 6.45) is 1.20. The predicted octanol–water partition coefficient (Wildman–Crippen LogP) is -0.501. The van der Waals surface area contributed by atoms with Crippen molar-refractivity contribution in [3.63, 3.8) is 0 Å². The Bertz CT molecular complexity index is 325. The molecule has 6 heteroatoms. The molecule has 1 unspecified atom stereocenters. The second kappa shape index (κ2) is 3.86. The monoisotopic (exact) mass is 220 g/mol. The fourth-order valence-electron chi connectivity index (χ4n) is 1.72. The van der Waals surface area contributed by atoms with Crippen molar-refractivity contribution in [1.82, 2.24) is 9.21 Å². The zero-order valence-corrected chi connectivity index (χ0v) is 9.54. The lowest BCUT2D eigenvalue weighted by Gasteiger charge is -2.37. The van der Waals surface area contributed by atoms with Crippen LogP contribution in [0.25, 0.3) is 0 Å². The highest BCUT2D eigenvalue weighted by molar-refractivity contribution is 7.88. The van der Waals surface area contributed by atoms with Gasteiger partial charge < -0.3 is 4.90 Å². The van der Waals surface area contributed by atoms with Crippen LogP contribution in [0, 0.1) is 0 Å². The van der Waals surface area contributed by atoms with E-state index in [9.17, 15) is 13.2 Å². The van der Waals surface area contributed by atoms with Crippen LogP contribution in [0.5, 0.6) is 0 Å². The Morgan fingerprint density at radius 1 is 1.36 bits per heavy atom. The number of carbonyl (C=O) groups excluding carboxylic acids is 1. The van der Waals surface area contributed by atoms with Crippen LogP contribution in [-0.4, -0.2) is 55.5 Å². The number of amides is 1. The second-order valence-corrected chi connectivity index (χ2v) is 5.62. The summed E-state index contributed by atoms with van der Waals surface area (Å²) in [5.74, 6) is 0.00463. The van der Waals surface area contributed by atoms with Crippen molar-refractivity contribution < 1.29 is 13.2 Å². The van der Waals surface area contributed by atoms with Crippen LogP contribution in [0.1, 0.15) is 13.8 Å². The molecule has 0 bridgehead atoms. The normalized spacial score (nSPS) is 25.1. The molecular formula is C8H16N2O3S. The highest BCUT2D eigenvalue weighted by Gasteiger charge is 2.30. The first-order valence-corrected chi connectivity index (χ1v) is 6.39. The molecular weight excluding hydrogens is 204 g/mol. The second-order valence-electron chi connectivity index (χ2n) is 3.69. The van der Waals surface area contributed by atoms with E-state index >= 15 is 0 Å². The fraction of sp³-hybridized carbons (Fsp3) is 0.875. The molecule has 0 spiro atoms. The Morgan fingerprint density at radius 3 is 2.29 bits per heavy atom. The summed E-state index contributed by atoms with van der Waals surface area (Å²) in [5.41, 5.74) is 0. The van der Waals surface area contributed by atoms with Crippen molar-refractivity contribution in [2.45, 2.75) is 19.9 Å². The molecule has 1 rings (SSSR count). The standard InChI is InChI=1S/C8H16N2O3S/c1-7-6-9(8(2)11)4-5-10(7)14(3,12)13/h7H,4-6H2,1-3H3. The zero-order valence-electron chi connectivity index (χ0n) is 8.73. The van der Waals surface area contributed by atoms with Crippen LogP contribution in [-0.2, 0) is 14.8 Å². The molecule has 0 radical (unpaired) electrons. The van der Waals surface area contributed by atoms with E-state index in [0.29, 0.717) is 19.6 Å². The van der Waals surface area contributed by atoms with Gasteiger partial charge in [0.1, 0.15) is 0 Å². The molecule has 0 aliphatic carbocycles. The molecule has 1 heterocycles. The minimum Gasteiger partial charge on any atom is -0.340 e. The number of rotatable bonds is 1. The van der Waals surface area contributed by atoms with E-state index in [0.717, 1.165) is 0 Å². The molecule has 82 valence electrons. The lowest BCUT2D eigenvalue weighted by atomic mass is 10.2. The molecule has 0 aromatic heterocycles. The largest absolute Gasteiger partial charge is 0.340 e. The first-order valence-electron chi connectivity index (χ1n) is 4.54. The number of hydrogen-bond donors (Lipinski definition) is 0. The number of hydrogen-bond acceptors (Lipinski definition) is 3. The molecule has 0 aromatic carbocycles. The number of nitrogens with zero attached hydrogens (tertiary/aromatic N) is 2. The molecule has 0 aromatic rings. The minimum atomic E-state index is -3.13. The van der Waals surface area contributed by atoms with Gasteiger partial charge in [0, 0.05) is 32.6 Å². The van der Waals surface area contributed by atoms with Crippen LogP contribution in [0.4, 0.5) is 0 Å². The lowest BCUT2D eigenvalue weighted by Crippen LogP contribution is -2.54. The quantitative estimate of drug-likeness (QED) is 0.598. The Labute approximate surface area is 84.7 Å². The maximum atomic E-state index is 11.3. The average Bonchev–Trinajstić information content (AvgIpc) is 2.01. The Morgan fingerprint density at radius 2 is 1.93 bits per heavy atom. The summed E-state index contributed by atoms with van der Waals surface area (Å²) in [5, 5.41) is 0. The average molecular weight is 220 g/mol. The molecule has 1 saturated heterocycles. The van der Waals surface area contributed by atoms with Gasteiger partial charge in [-0.1, -0.05) is 0 Å². The molecule has 1 fully saturated rings. The van der Waals surface area contributed by atoms with Crippen molar-refractivity contribution in [3.8, 4) is 0 Å². The fourth-order valence-corrected chi connectivity index (χ4v) is 2.85. The maximum absolute atomic E-state index is 11.3. The van der Waals surface area contributed by atoms with Crippen molar-refractivity contribution in [2.75, 3.05) is 25.9 Å². The van der Waals surface area contributed by atoms with Gasteiger partial charge in [-0.05, 0) is 6.92 Å². The third kappa shape index (κ3) is 2.45. The van der Waals surface area contributed by atoms with E-state index in [1.807, 2.05) is 6.92 Å². The van der Waals surface area contributed by atoms with Gasteiger partial charge >= 0.3 is 0 Å². The third-order valence-corrected chi connectivity index (χ3v) is 3.83. The SMILES string of the molecule is CC(=O)N1CCN(S(C)(=O)=O)C(C)C1. The van der Waals surface area contributed by atoms with Gasteiger partial charge in [-0.25, -0.2) is 8.42 Å². The van der Waals surface area contributed by atoms with Gasteiger partial charge in [0.05, 0.1) is 6.26 Å². The highest BCUT2D eigenvalue weighted by atomic mass is 32.2. The summed E-state index contributed by atoms with van der Waals surface area (Å²) >= 11 is 0. The highest BCUT2D eigenvalue weighted by Crippen LogP contribution is 2.12. The first-order chi connectivity index (χ1) is 6.32. The van der Waals surface area contributed by atoms with Gasteiger partial charge in [-0.15, -0.1) is 0 Å². The van der Waals surface area contributed by atoms with Crippen molar-refractivity contribution >= 4 is 15.9 Å². The Kier molecular flexibility index (Phi) is 3.16. The minimum absolute atomic E-state index is 0.00463. The molecule has 14 heavy (non-hydrogen) atoms. The summed E-state index contributed by atoms with van der Waals surface area (Å²) in [6, 6.07) is -0.123. The van der Waals surface area contributed by atoms with Crippen molar-refractivity contribution in [2.24, 2.45) is 0 Å². The third-order valence-electron chi connectivity index (χ3n) is 2.44. The lowest BCUT2D eigenvalue weighted by molar-refractivity contribution is -0.130. The summed E-state index contributed by atoms with van der Waals surface area (Å²) in [4.78, 5) is 12.7. The first kappa shape index (κ1) is 11.5. The summed E-state index contributed by atoms with van der Waals surface area (Å²) in [6.45, 7) is 4.70. The topological polar surface area (TPSA) is 57.7 Å². The molecule has 0 N–H and O–H groups in total. The smallest absolute Gasteiger partial charge is 0.219 e.